The highest BCUT2D eigenvalue weighted by Gasteiger charge is 2.27. The molecule has 0 aromatic heterocycles. The van der Waals surface area contributed by atoms with Crippen molar-refractivity contribution >= 4 is 32.6 Å². The molecule has 104 valence electrons. The second-order valence-electron chi connectivity index (χ2n) is 4.38. The number of nitrogens with zero attached hydrogens (tertiary/aromatic N) is 1. The fourth-order valence-electron chi connectivity index (χ4n) is 1.98. The zero-order valence-corrected chi connectivity index (χ0v) is 12.4. The predicted molar refractivity (Wildman–Crippen MR) is 78.3 cm³/mol. The second kappa shape index (κ2) is 5.52. The summed E-state index contributed by atoms with van der Waals surface area (Å²) < 4.78 is 28.1. The van der Waals surface area contributed by atoms with Gasteiger partial charge in [0.15, 0.2) is 5.17 Å². The van der Waals surface area contributed by atoms with Crippen LogP contribution in [-0.2, 0) is 10.0 Å². The summed E-state index contributed by atoms with van der Waals surface area (Å²) in [7, 11) is -3.63. The molecule has 5 nitrogen and oxygen atoms in total. The lowest BCUT2D eigenvalue weighted by Crippen LogP contribution is -2.20. The molecule has 0 aliphatic carbocycles. The van der Waals surface area contributed by atoms with Crippen LogP contribution >= 0.6 is 11.8 Å². The lowest BCUT2D eigenvalue weighted by Gasteiger charge is -2.19. The Morgan fingerprint density at radius 2 is 2.11 bits per heavy atom. The standard InChI is InChI=1S/C12H16N2O3S2/c1-8-6-9(2)11-10(7-8)13-12(14-19(11,16)17)18-5-3-4-15/h6-7,15H,3-5H2,1-2H3,(H,13,14). The van der Waals surface area contributed by atoms with Gasteiger partial charge in [-0.15, -0.1) is 4.40 Å². The normalized spacial score (nSPS) is 16.5. The zero-order chi connectivity index (χ0) is 14.0. The van der Waals surface area contributed by atoms with Crippen LogP contribution in [-0.4, -0.2) is 31.1 Å². The summed E-state index contributed by atoms with van der Waals surface area (Å²) in [5, 5.41) is 12.1. The third-order valence-electron chi connectivity index (χ3n) is 2.66. The summed E-state index contributed by atoms with van der Waals surface area (Å²) in [6.45, 7) is 3.78. The van der Waals surface area contributed by atoms with E-state index in [0.717, 1.165) is 5.56 Å². The van der Waals surface area contributed by atoms with E-state index in [2.05, 4.69) is 9.71 Å². The Labute approximate surface area is 117 Å². The van der Waals surface area contributed by atoms with Gasteiger partial charge in [-0.2, -0.15) is 8.42 Å². The van der Waals surface area contributed by atoms with Crippen LogP contribution in [0.15, 0.2) is 21.4 Å². The maximum Gasteiger partial charge on any atom is 0.287 e. The minimum Gasteiger partial charge on any atom is -0.396 e. The van der Waals surface area contributed by atoms with Crippen LogP contribution in [0.5, 0.6) is 0 Å². The number of aliphatic hydroxyl groups excluding tert-OH is 1. The topological polar surface area (TPSA) is 78.8 Å². The molecule has 0 radical (unpaired) electrons. The van der Waals surface area contributed by atoms with Crippen LogP contribution in [0.4, 0.5) is 5.69 Å². The molecule has 0 fully saturated rings. The van der Waals surface area contributed by atoms with Crippen LogP contribution in [0.1, 0.15) is 17.5 Å². The Hall–Kier alpha value is -1.05. The average Bonchev–Trinajstić information content (AvgIpc) is 2.26. The van der Waals surface area contributed by atoms with Crippen LogP contribution in [0.25, 0.3) is 0 Å². The van der Waals surface area contributed by atoms with E-state index in [1.165, 1.54) is 11.8 Å². The largest absolute Gasteiger partial charge is 0.396 e. The number of fused-ring (bicyclic) bond motifs is 1. The molecule has 0 unspecified atom stereocenters. The summed E-state index contributed by atoms with van der Waals surface area (Å²) >= 11 is 1.30. The molecule has 2 rings (SSSR count). The van der Waals surface area contributed by atoms with Gasteiger partial charge < -0.3 is 10.4 Å². The first-order chi connectivity index (χ1) is 8.94. The maximum absolute atomic E-state index is 12.2. The fourth-order valence-corrected chi connectivity index (χ4v) is 4.34. The molecule has 19 heavy (non-hydrogen) atoms. The number of nitrogens with one attached hydrogen (secondary N) is 1. The van der Waals surface area contributed by atoms with E-state index in [1.54, 1.807) is 13.0 Å². The van der Waals surface area contributed by atoms with Crippen molar-refractivity contribution in [2.75, 3.05) is 17.7 Å². The number of thioether (sulfide) groups is 1. The number of hydrogen-bond donors (Lipinski definition) is 2. The molecule has 7 heteroatoms. The van der Waals surface area contributed by atoms with Gasteiger partial charge in [0.1, 0.15) is 4.90 Å². The monoisotopic (exact) mass is 300 g/mol. The lowest BCUT2D eigenvalue weighted by molar-refractivity contribution is 0.296. The molecule has 1 aromatic carbocycles. The van der Waals surface area contributed by atoms with Crippen molar-refractivity contribution in [1.82, 2.24) is 0 Å². The summed E-state index contributed by atoms with van der Waals surface area (Å²) in [4.78, 5) is 0.254. The van der Waals surface area contributed by atoms with E-state index in [9.17, 15) is 8.42 Å². The van der Waals surface area contributed by atoms with E-state index in [-0.39, 0.29) is 11.5 Å². The molecule has 0 amide bonds. The van der Waals surface area contributed by atoms with E-state index >= 15 is 0 Å². The van der Waals surface area contributed by atoms with Gasteiger partial charge in [-0.05, 0) is 37.5 Å². The summed E-state index contributed by atoms with van der Waals surface area (Å²) in [5.74, 6) is 0.623. The third-order valence-corrected chi connectivity index (χ3v) is 5.22. The highest BCUT2D eigenvalue weighted by Crippen LogP contribution is 2.33. The molecule has 1 aliphatic rings. The Kier molecular flexibility index (Phi) is 4.17. The van der Waals surface area contributed by atoms with Crippen molar-refractivity contribution in [3.05, 3.63) is 23.3 Å². The van der Waals surface area contributed by atoms with Crippen molar-refractivity contribution in [1.29, 1.82) is 0 Å². The zero-order valence-electron chi connectivity index (χ0n) is 10.8. The van der Waals surface area contributed by atoms with E-state index in [4.69, 9.17) is 5.11 Å². The number of aliphatic hydroxyl groups is 1. The molecule has 0 saturated carbocycles. The molecule has 1 aliphatic heterocycles. The number of benzene rings is 1. The molecular formula is C12H16N2O3S2. The van der Waals surface area contributed by atoms with E-state index < -0.39 is 10.0 Å². The highest BCUT2D eigenvalue weighted by atomic mass is 32.2. The van der Waals surface area contributed by atoms with E-state index in [1.807, 2.05) is 13.0 Å². The van der Waals surface area contributed by atoms with Crippen LogP contribution in [0.3, 0.4) is 0 Å². The number of aryl methyl sites for hydroxylation is 2. The smallest absolute Gasteiger partial charge is 0.287 e. The molecule has 0 atom stereocenters. The van der Waals surface area contributed by atoms with Gasteiger partial charge in [0.05, 0.1) is 5.69 Å². The Balaban J connectivity index is 2.36. The molecule has 0 saturated heterocycles. The first-order valence-corrected chi connectivity index (χ1v) is 8.33. The fraction of sp³-hybridized carbons (Fsp3) is 0.417. The summed E-state index contributed by atoms with van der Waals surface area (Å²) in [6, 6.07) is 3.64. The Bertz CT molecular complexity index is 624. The van der Waals surface area contributed by atoms with Gasteiger partial charge in [0, 0.05) is 12.4 Å². The number of anilines is 1. The van der Waals surface area contributed by atoms with Crippen LogP contribution < -0.4 is 5.32 Å². The first kappa shape index (κ1) is 14.4. The van der Waals surface area contributed by atoms with E-state index in [0.29, 0.717) is 28.6 Å². The SMILES string of the molecule is Cc1cc(C)c2c(c1)NC(SCCCO)=NS2(=O)=O. The van der Waals surface area contributed by atoms with Crippen molar-refractivity contribution in [3.8, 4) is 0 Å². The predicted octanol–water partition coefficient (Wildman–Crippen LogP) is 1.89. The van der Waals surface area contributed by atoms with Gasteiger partial charge in [-0.3, -0.25) is 0 Å². The van der Waals surface area contributed by atoms with Crippen molar-refractivity contribution < 1.29 is 13.5 Å². The van der Waals surface area contributed by atoms with Gasteiger partial charge in [0.25, 0.3) is 10.0 Å². The summed E-state index contributed by atoms with van der Waals surface area (Å²) in [6.07, 6.45) is 0.602. The van der Waals surface area contributed by atoms with Gasteiger partial charge in [0.2, 0.25) is 0 Å². The van der Waals surface area contributed by atoms with Gasteiger partial charge in [-0.1, -0.05) is 17.8 Å². The molecule has 0 bridgehead atoms. The molecule has 0 spiro atoms. The Morgan fingerprint density at radius 1 is 1.37 bits per heavy atom. The highest BCUT2D eigenvalue weighted by molar-refractivity contribution is 8.14. The second-order valence-corrected chi connectivity index (χ2v) is 7.01. The minimum atomic E-state index is -3.63. The van der Waals surface area contributed by atoms with Crippen LogP contribution in [0.2, 0.25) is 0 Å². The third kappa shape index (κ3) is 3.10. The molecule has 1 aromatic rings. The summed E-state index contributed by atoms with van der Waals surface area (Å²) in [5.41, 5.74) is 2.28. The van der Waals surface area contributed by atoms with Gasteiger partial charge >= 0.3 is 0 Å². The molecule has 2 N–H and O–H groups in total. The molecule has 1 heterocycles. The number of hydrogen-bond acceptors (Lipinski definition) is 5. The Morgan fingerprint density at radius 3 is 2.79 bits per heavy atom. The maximum atomic E-state index is 12.2. The van der Waals surface area contributed by atoms with Crippen molar-refractivity contribution in [2.45, 2.75) is 25.2 Å². The van der Waals surface area contributed by atoms with Crippen LogP contribution in [0, 0.1) is 13.8 Å². The number of sulfonamides is 1. The number of rotatable bonds is 3. The van der Waals surface area contributed by atoms with Crippen molar-refractivity contribution in [3.63, 3.8) is 0 Å². The lowest BCUT2D eigenvalue weighted by atomic mass is 10.1. The minimum absolute atomic E-state index is 0.0852. The molecular weight excluding hydrogens is 284 g/mol. The van der Waals surface area contributed by atoms with Crippen molar-refractivity contribution in [2.24, 2.45) is 4.40 Å². The quantitative estimate of drug-likeness (QED) is 0.833. The first-order valence-electron chi connectivity index (χ1n) is 5.91. The van der Waals surface area contributed by atoms with Gasteiger partial charge in [-0.25, -0.2) is 0 Å². The average molecular weight is 300 g/mol. The number of amidine groups is 1.